The van der Waals surface area contributed by atoms with Crippen molar-refractivity contribution < 1.29 is 14.0 Å². The zero-order valence-electron chi connectivity index (χ0n) is 17.5. The van der Waals surface area contributed by atoms with Gasteiger partial charge in [-0.1, -0.05) is 35.9 Å². The fourth-order valence-electron chi connectivity index (χ4n) is 3.58. The molecule has 3 N–H and O–H groups in total. The van der Waals surface area contributed by atoms with Crippen molar-refractivity contribution in [1.82, 2.24) is 10.3 Å². The molecule has 0 bridgehead atoms. The van der Waals surface area contributed by atoms with E-state index in [0.717, 1.165) is 11.1 Å². The molecule has 0 aliphatic carbocycles. The number of hydrogen-bond donors (Lipinski definition) is 2. The highest BCUT2D eigenvalue weighted by molar-refractivity contribution is 6.30. The molecule has 0 spiro atoms. The van der Waals surface area contributed by atoms with E-state index >= 15 is 0 Å². The summed E-state index contributed by atoms with van der Waals surface area (Å²) in [6.45, 7) is 0.343. The minimum absolute atomic E-state index is 0.0645. The predicted molar refractivity (Wildman–Crippen MR) is 126 cm³/mol. The van der Waals surface area contributed by atoms with Gasteiger partial charge < -0.3 is 11.1 Å². The van der Waals surface area contributed by atoms with E-state index in [1.165, 1.54) is 18.2 Å². The SMILES string of the molecule is NC(=O)[C@@H](Cc1ccccn1)NC(=O)c1cccc(F)c1C1=NCC(c2ccc(Cl)cc2)=C1. The first-order valence-corrected chi connectivity index (χ1v) is 10.6. The van der Waals surface area contributed by atoms with Crippen LogP contribution in [0.3, 0.4) is 0 Å². The second-order valence-electron chi connectivity index (χ2n) is 7.49. The van der Waals surface area contributed by atoms with Crippen LogP contribution in [-0.2, 0) is 11.2 Å². The summed E-state index contributed by atoms with van der Waals surface area (Å²) >= 11 is 5.96. The highest BCUT2D eigenvalue weighted by Crippen LogP contribution is 2.26. The Labute approximate surface area is 195 Å². The second kappa shape index (κ2) is 9.75. The number of nitrogens with two attached hydrogens (primary N) is 1. The summed E-state index contributed by atoms with van der Waals surface area (Å²) in [5.41, 5.74) is 8.36. The summed E-state index contributed by atoms with van der Waals surface area (Å²) in [5, 5.41) is 3.22. The van der Waals surface area contributed by atoms with Crippen LogP contribution in [-0.4, -0.2) is 35.1 Å². The van der Waals surface area contributed by atoms with Crippen LogP contribution in [0.1, 0.15) is 27.2 Å². The van der Waals surface area contributed by atoms with Crippen molar-refractivity contribution in [3.63, 3.8) is 0 Å². The Hall–Kier alpha value is -3.84. The van der Waals surface area contributed by atoms with Crippen molar-refractivity contribution in [2.75, 3.05) is 6.54 Å². The Morgan fingerprint density at radius 2 is 1.88 bits per heavy atom. The molecule has 8 heteroatoms. The number of pyridine rings is 1. The number of aliphatic imine (C=N–C) groups is 1. The van der Waals surface area contributed by atoms with E-state index in [2.05, 4.69) is 15.3 Å². The molecule has 2 amide bonds. The molecule has 166 valence electrons. The van der Waals surface area contributed by atoms with E-state index < -0.39 is 23.7 Å². The molecular formula is C25H20ClFN4O2. The smallest absolute Gasteiger partial charge is 0.252 e. The number of carbonyl (C=O) groups is 2. The molecule has 4 rings (SSSR count). The Bertz CT molecular complexity index is 1260. The number of hydrogen-bond acceptors (Lipinski definition) is 4. The third-order valence-electron chi connectivity index (χ3n) is 5.25. The lowest BCUT2D eigenvalue weighted by molar-refractivity contribution is -0.119. The average molecular weight is 463 g/mol. The van der Waals surface area contributed by atoms with Crippen molar-refractivity contribution in [3.05, 3.63) is 106 Å². The summed E-state index contributed by atoms with van der Waals surface area (Å²) in [6, 6.07) is 15.7. The van der Waals surface area contributed by atoms with Gasteiger partial charge in [0.1, 0.15) is 11.9 Å². The summed E-state index contributed by atoms with van der Waals surface area (Å²) < 4.78 is 14.9. The number of nitrogens with zero attached hydrogens (tertiary/aromatic N) is 2. The molecule has 0 unspecified atom stereocenters. The number of aromatic nitrogens is 1. The van der Waals surface area contributed by atoms with E-state index in [4.69, 9.17) is 17.3 Å². The third kappa shape index (κ3) is 5.15. The maximum atomic E-state index is 14.9. The average Bonchev–Trinajstić information content (AvgIpc) is 3.29. The van der Waals surface area contributed by atoms with Gasteiger partial charge in [0, 0.05) is 28.9 Å². The molecule has 0 radical (unpaired) electrons. The van der Waals surface area contributed by atoms with E-state index in [9.17, 15) is 14.0 Å². The molecule has 0 saturated carbocycles. The van der Waals surface area contributed by atoms with Crippen LogP contribution in [0.4, 0.5) is 4.39 Å². The maximum Gasteiger partial charge on any atom is 0.252 e. The first-order valence-electron chi connectivity index (χ1n) is 10.2. The zero-order chi connectivity index (χ0) is 23.4. The highest BCUT2D eigenvalue weighted by Gasteiger charge is 2.25. The standard InChI is InChI=1S/C25H20ClFN4O2/c26-17-9-7-15(8-10-17)16-12-21(30-14-16)23-19(5-3-6-20(23)27)25(33)31-22(24(28)32)13-18-4-1-2-11-29-18/h1-12,22H,13-14H2,(H2,28,32)(H,31,33)/t22-/m1/s1. The Morgan fingerprint density at radius 1 is 1.09 bits per heavy atom. The molecule has 1 aromatic heterocycles. The van der Waals surface area contributed by atoms with Crippen LogP contribution in [0.25, 0.3) is 5.57 Å². The zero-order valence-corrected chi connectivity index (χ0v) is 18.2. The normalized spacial score (nSPS) is 13.8. The number of nitrogens with one attached hydrogen (secondary N) is 1. The fourth-order valence-corrected chi connectivity index (χ4v) is 3.70. The first kappa shape index (κ1) is 22.4. The van der Waals surface area contributed by atoms with Gasteiger partial charge in [0.05, 0.1) is 17.8 Å². The van der Waals surface area contributed by atoms with E-state index in [1.54, 1.807) is 42.6 Å². The van der Waals surface area contributed by atoms with E-state index in [1.807, 2.05) is 12.1 Å². The third-order valence-corrected chi connectivity index (χ3v) is 5.50. The summed E-state index contributed by atoms with van der Waals surface area (Å²) in [4.78, 5) is 33.6. The van der Waals surface area contributed by atoms with Crippen molar-refractivity contribution >= 4 is 34.7 Å². The molecule has 33 heavy (non-hydrogen) atoms. The Balaban J connectivity index is 1.60. The number of primary amides is 1. The van der Waals surface area contributed by atoms with Crippen molar-refractivity contribution in [3.8, 4) is 0 Å². The predicted octanol–water partition coefficient (Wildman–Crippen LogP) is 3.59. The van der Waals surface area contributed by atoms with Crippen LogP contribution in [0.2, 0.25) is 5.02 Å². The molecule has 2 heterocycles. The Kier molecular flexibility index (Phi) is 6.60. The second-order valence-corrected chi connectivity index (χ2v) is 7.93. The number of carbonyl (C=O) groups excluding carboxylic acids is 2. The lowest BCUT2D eigenvalue weighted by Crippen LogP contribution is -2.46. The van der Waals surface area contributed by atoms with Gasteiger partial charge in [-0.15, -0.1) is 0 Å². The van der Waals surface area contributed by atoms with Gasteiger partial charge >= 0.3 is 0 Å². The van der Waals surface area contributed by atoms with Gasteiger partial charge in [-0.2, -0.15) is 0 Å². The monoisotopic (exact) mass is 462 g/mol. The van der Waals surface area contributed by atoms with Gasteiger partial charge in [0.25, 0.3) is 5.91 Å². The molecule has 1 aliphatic heterocycles. The highest BCUT2D eigenvalue weighted by atomic mass is 35.5. The molecule has 1 atom stereocenters. The van der Waals surface area contributed by atoms with Gasteiger partial charge in [-0.3, -0.25) is 19.6 Å². The molecule has 0 saturated heterocycles. The largest absolute Gasteiger partial charge is 0.368 e. The maximum absolute atomic E-state index is 14.9. The van der Waals surface area contributed by atoms with Crippen LogP contribution in [0.15, 0.2) is 77.9 Å². The lowest BCUT2D eigenvalue weighted by atomic mass is 9.99. The molecule has 1 aliphatic rings. The van der Waals surface area contributed by atoms with Crippen LogP contribution < -0.4 is 11.1 Å². The molecule has 2 aromatic carbocycles. The molecule has 3 aromatic rings. The number of amides is 2. The topological polar surface area (TPSA) is 97.4 Å². The number of benzene rings is 2. The number of rotatable bonds is 7. The number of allylic oxidation sites excluding steroid dienone is 1. The minimum Gasteiger partial charge on any atom is -0.368 e. The fraction of sp³-hybridized carbons (Fsp3) is 0.120. The van der Waals surface area contributed by atoms with Crippen molar-refractivity contribution in [1.29, 1.82) is 0 Å². The number of halogens is 2. The molecular weight excluding hydrogens is 443 g/mol. The summed E-state index contributed by atoms with van der Waals surface area (Å²) in [7, 11) is 0. The first-order chi connectivity index (χ1) is 15.9. The molecule has 6 nitrogen and oxygen atoms in total. The van der Waals surface area contributed by atoms with Crippen molar-refractivity contribution in [2.24, 2.45) is 10.7 Å². The summed E-state index contributed by atoms with van der Waals surface area (Å²) in [5.74, 6) is -1.93. The van der Waals surface area contributed by atoms with Crippen LogP contribution >= 0.6 is 11.6 Å². The van der Waals surface area contributed by atoms with Gasteiger partial charge in [-0.05, 0) is 53.6 Å². The van der Waals surface area contributed by atoms with Crippen molar-refractivity contribution in [2.45, 2.75) is 12.5 Å². The van der Waals surface area contributed by atoms with Crippen LogP contribution in [0, 0.1) is 5.82 Å². The summed E-state index contributed by atoms with van der Waals surface area (Å²) in [6.07, 6.45) is 3.45. The molecule has 0 fully saturated rings. The lowest BCUT2D eigenvalue weighted by Gasteiger charge is -2.17. The van der Waals surface area contributed by atoms with E-state index in [-0.39, 0.29) is 17.5 Å². The minimum atomic E-state index is -1.01. The van der Waals surface area contributed by atoms with Gasteiger partial charge in [-0.25, -0.2) is 4.39 Å². The van der Waals surface area contributed by atoms with Crippen LogP contribution in [0.5, 0.6) is 0 Å². The quantitative estimate of drug-likeness (QED) is 0.561. The van der Waals surface area contributed by atoms with Gasteiger partial charge in [0.2, 0.25) is 5.91 Å². The van der Waals surface area contributed by atoms with Gasteiger partial charge in [0.15, 0.2) is 0 Å². The van der Waals surface area contributed by atoms with E-state index in [0.29, 0.717) is 23.0 Å². The Morgan fingerprint density at radius 3 is 2.58 bits per heavy atom.